The highest BCUT2D eigenvalue weighted by atomic mass is 16.8. The van der Waals surface area contributed by atoms with Crippen molar-refractivity contribution < 1.29 is 19.5 Å². The minimum Gasteiger partial charge on any atom is -0.390 e. The van der Waals surface area contributed by atoms with Crippen LogP contribution in [0.5, 0.6) is 0 Å². The Hall–Kier alpha value is -0.650. The molecule has 5 rings (SSSR count). The van der Waals surface area contributed by atoms with Crippen LogP contribution in [0.4, 0.5) is 0 Å². The number of hydroxylamine groups is 1. The Morgan fingerprint density at radius 2 is 2.00 bits per heavy atom. The summed E-state index contributed by atoms with van der Waals surface area (Å²) in [6.45, 7) is 0.709. The molecule has 4 aliphatic carbocycles. The number of rotatable bonds is 4. The van der Waals surface area contributed by atoms with Gasteiger partial charge in [-0.2, -0.15) is 0 Å². The maximum absolute atomic E-state index is 12.3. The third-order valence-corrected chi connectivity index (χ3v) is 6.13. The molecular formula is C17H27NO4. The van der Waals surface area contributed by atoms with Gasteiger partial charge in [-0.1, -0.05) is 0 Å². The van der Waals surface area contributed by atoms with Crippen LogP contribution in [-0.2, 0) is 14.4 Å². The molecule has 124 valence electrons. The average Bonchev–Trinajstić information content (AvgIpc) is 2.43. The van der Waals surface area contributed by atoms with Crippen molar-refractivity contribution in [2.24, 2.45) is 17.3 Å². The molecule has 1 heterocycles. The molecule has 22 heavy (non-hydrogen) atoms. The highest BCUT2D eigenvalue weighted by molar-refractivity contribution is 5.75. The summed E-state index contributed by atoms with van der Waals surface area (Å²) in [4.78, 5) is 17.7. The van der Waals surface area contributed by atoms with Crippen LogP contribution in [0.1, 0.15) is 64.2 Å². The lowest BCUT2D eigenvalue weighted by Crippen LogP contribution is -2.56. The fraction of sp³-hybridized carbons (Fsp3) is 0.941. The molecule has 3 atom stereocenters. The molecule has 4 bridgehead atoms. The third-order valence-electron chi connectivity index (χ3n) is 6.13. The first-order valence-corrected chi connectivity index (χ1v) is 8.83. The zero-order chi connectivity index (χ0) is 15.2. The summed E-state index contributed by atoms with van der Waals surface area (Å²) in [5.74, 6) is 1.17. The van der Waals surface area contributed by atoms with E-state index in [-0.39, 0.29) is 17.6 Å². The molecule has 0 radical (unpaired) electrons. The predicted molar refractivity (Wildman–Crippen MR) is 79.5 cm³/mol. The van der Waals surface area contributed by atoms with Gasteiger partial charge >= 0.3 is 0 Å². The maximum Gasteiger partial charge on any atom is 0.244 e. The van der Waals surface area contributed by atoms with Crippen LogP contribution in [0.15, 0.2) is 0 Å². The van der Waals surface area contributed by atoms with Crippen molar-refractivity contribution in [3.8, 4) is 0 Å². The molecule has 5 fully saturated rings. The zero-order valence-corrected chi connectivity index (χ0v) is 13.2. The van der Waals surface area contributed by atoms with Gasteiger partial charge in [-0.05, 0) is 68.6 Å². The van der Waals surface area contributed by atoms with Crippen molar-refractivity contribution in [2.45, 2.75) is 76.1 Å². The Bertz CT molecular complexity index is 432. The van der Waals surface area contributed by atoms with Crippen LogP contribution >= 0.6 is 0 Å². The molecule has 0 aromatic rings. The Labute approximate surface area is 131 Å². The zero-order valence-electron chi connectivity index (χ0n) is 13.2. The maximum atomic E-state index is 12.3. The van der Waals surface area contributed by atoms with E-state index in [4.69, 9.17) is 9.57 Å². The van der Waals surface area contributed by atoms with Crippen molar-refractivity contribution in [3.63, 3.8) is 0 Å². The molecule has 1 aliphatic heterocycles. The molecule has 1 saturated heterocycles. The van der Waals surface area contributed by atoms with Gasteiger partial charge in [0.05, 0.1) is 5.60 Å². The molecular weight excluding hydrogens is 282 g/mol. The number of aliphatic hydroxyl groups is 1. The van der Waals surface area contributed by atoms with E-state index in [1.165, 1.54) is 6.42 Å². The molecule has 4 saturated carbocycles. The van der Waals surface area contributed by atoms with E-state index in [1.54, 1.807) is 0 Å². The van der Waals surface area contributed by atoms with Crippen molar-refractivity contribution in [3.05, 3.63) is 0 Å². The molecule has 0 aromatic heterocycles. The number of carbonyl (C=O) groups excluding carboxylic acids is 1. The van der Waals surface area contributed by atoms with Crippen LogP contribution in [0.2, 0.25) is 0 Å². The first kappa shape index (κ1) is 14.9. The molecule has 0 unspecified atom stereocenters. The summed E-state index contributed by atoms with van der Waals surface area (Å²) in [5.41, 5.74) is 2.09. The number of hydrogen-bond donors (Lipinski definition) is 2. The van der Waals surface area contributed by atoms with E-state index in [1.807, 2.05) is 0 Å². The number of amides is 1. The van der Waals surface area contributed by atoms with E-state index in [2.05, 4.69) is 5.48 Å². The van der Waals surface area contributed by atoms with E-state index >= 15 is 0 Å². The second-order valence-corrected chi connectivity index (χ2v) is 8.30. The Morgan fingerprint density at radius 3 is 2.64 bits per heavy atom. The van der Waals surface area contributed by atoms with Gasteiger partial charge in [0, 0.05) is 19.4 Å². The van der Waals surface area contributed by atoms with Gasteiger partial charge in [-0.15, -0.1) is 0 Å². The van der Waals surface area contributed by atoms with Crippen LogP contribution < -0.4 is 5.48 Å². The predicted octanol–water partition coefficient (Wildman–Crippen LogP) is 2.28. The van der Waals surface area contributed by atoms with Gasteiger partial charge < -0.3 is 9.84 Å². The topological polar surface area (TPSA) is 67.8 Å². The minimum atomic E-state index is -0.502. The summed E-state index contributed by atoms with van der Waals surface area (Å²) < 4.78 is 5.46. The standard InChI is InChI=1S/C17H27NO4/c19-14(18-22-15-3-1-2-4-21-15)10-16-6-12-5-13(7-16)9-17(20,8-12)11-16/h12-13,15,20H,1-11H2,(H,18,19)/t12-,13-,15-,16?,17?/m1/s1. The largest absolute Gasteiger partial charge is 0.390 e. The lowest BCUT2D eigenvalue weighted by atomic mass is 9.47. The Balaban J connectivity index is 1.33. The molecule has 5 heteroatoms. The number of carbonyl (C=O) groups is 1. The fourth-order valence-electron chi connectivity index (χ4n) is 5.92. The second-order valence-electron chi connectivity index (χ2n) is 8.30. The van der Waals surface area contributed by atoms with Crippen LogP contribution in [0.25, 0.3) is 0 Å². The number of nitrogens with one attached hydrogen (secondary N) is 1. The Morgan fingerprint density at radius 1 is 1.23 bits per heavy atom. The van der Waals surface area contributed by atoms with E-state index in [0.717, 1.165) is 51.4 Å². The van der Waals surface area contributed by atoms with Crippen molar-refractivity contribution in [1.82, 2.24) is 5.48 Å². The SMILES string of the molecule is O=C(CC12C[C@H]3C[C@@H](CC(O)(C3)C1)C2)NO[C@@H]1CCCCO1. The number of hydrogen-bond acceptors (Lipinski definition) is 4. The first-order chi connectivity index (χ1) is 10.5. The summed E-state index contributed by atoms with van der Waals surface area (Å²) in [6.07, 6.45) is 9.30. The summed E-state index contributed by atoms with van der Waals surface area (Å²) in [5, 5.41) is 10.7. The minimum absolute atomic E-state index is 0.000299. The molecule has 5 nitrogen and oxygen atoms in total. The summed E-state index contributed by atoms with van der Waals surface area (Å²) in [6, 6.07) is 0. The molecule has 0 spiro atoms. The summed E-state index contributed by atoms with van der Waals surface area (Å²) >= 11 is 0. The average molecular weight is 309 g/mol. The van der Waals surface area contributed by atoms with Gasteiger partial charge in [0.25, 0.3) is 0 Å². The van der Waals surface area contributed by atoms with Crippen molar-refractivity contribution in [2.75, 3.05) is 6.61 Å². The van der Waals surface area contributed by atoms with Gasteiger partial charge in [0.2, 0.25) is 5.91 Å². The number of ether oxygens (including phenoxy) is 1. The van der Waals surface area contributed by atoms with Gasteiger partial charge in [0.1, 0.15) is 0 Å². The van der Waals surface area contributed by atoms with Crippen molar-refractivity contribution >= 4 is 5.91 Å². The highest BCUT2D eigenvalue weighted by Gasteiger charge is 2.57. The monoisotopic (exact) mass is 309 g/mol. The molecule has 2 N–H and O–H groups in total. The summed E-state index contributed by atoms with van der Waals surface area (Å²) in [7, 11) is 0. The quantitative estimate of drug-likeness (QED) is 0.782. The molecule has 0 aromatic carbocycles. The molecule has 1 amide bonds. The first-order valence-electron chi connectivity index (χ1n) is 8.83. The van der Waals surface area contributed by atoms with Crippen LogP contribution in [0, 0.1) is 17.3 Å². The van der Waals surface area contributed by atoms with E-state index < -0.39 is 5.60 Å². The van der Waals surface area contributed by atoms with E-state index in [9.17, 15) is 9.90 Å². The van der Waals surface area contributed by atoms with Crippen LogP contribution in [0.3, 0.4) is 0 Å². The Kier molecular flexibility index (Phi) is 3.70. The lowest BCUT2D eigenvalue weighted by molar-refractivity contribution is -0.205. The van der Waals surface area contributed by atoms with Gasteiger partial charge in [-0.25, -0.2) is 10.3 Å². The van der Waals surface area contributed by atoms with Gasteiger partial charge in [0.15, 0.2) is 6.29 Å². The van der Waals surface area contributed by atoms with Gasteiger partial charge in [-0.3, -0.25) is 4.79 Å². The highest BCUT2D eigenvalue weighted by Crippen LogP contribution is 2.62. The van der Waals surface area contributed by atoms with Crippen LogP contribution in [-0.4, -0.2) is 29.5 Å². The third kappa shape index (κ3) is 2.91. The smallest absolute Gasteiger partial charge is 0.244 e. The second kappa shape index (κ2) is 5.46. The van der Waals surface area contributed by atoms with E-state index in [0.29, 0.717) is 24.9 Å². The normalized spacial score (nSPS) is 46.7. The lowest BCUT2D eigenvalue weighted by Gasteiger charge is -2.60. The fourth-order valence-corrected chi connectivity index (χ4v) is 5.92. The molecule has 5 aliphatic rings. The van der Waals surface area contributed by atoms with Crippen molar-refractivity contribution in [1.29, 1.82) is 0 Å².